The average molecular weight is 445 g/mol. The van der Waals surface area contributed by atoms with Gasteiger partial charge in [0.05, 0.1) is 5.39 Å². The van der Waals surface area contributed by atoms with Crippen molar-refractivity contribution in [3.8, 4) is 0 Å². The van der Waals surface area contributed by atoms with Crippen molar-refractivity contribution in [2.45, 2.75) is 59.0 Å². The summed E-state index contributed by atoms with van der Waals surface area (Å²) in [6.45, 7) is 9.60. The molecule has 1 atom stereocenters. The number of thiophene rings is 1. The highest BCUT2D eigenvalue weighted by molar-refractivity contribution is 7.18. The number of nitrogens with zero attached hydrogens (tertiary/aromatic N) is 3. The van der Waals surface area contributed by atoms with Crippen LogP contribution in [0.2, 0.25) is 0 Å². The smallest absolute Gasteiger partial charge is 0.138 e. The maximum atomic E-state index is 14.4. The van der Waals surface area contributed by atoms with Crippen LogP contribution in [0.4, 0.5) is 14.6 Å². The van der Waals surface area contributed by atoms with Crippen LogP contribution >= 0.6 is 11.3 Å². The Morgan fingerprint density at radius 3 is 2.42 bits per heavy atom. The van der Waals surface area contributed by atoms with Crippen molar-refractivity contribution >= 4 is 27.4 Å². The van der Waals surface area contributed by atoms with E-state index < -0.39 is 11.6 Å². The standard InChI is InChI=1S/C24H30F2N4S/c1-14(2)9-18-12-19-23(27-13-28-24(19)31-18)29-17-5-7-30(8-6-17)16(4)22-20(25)10-15(3)11-21(22)26/h10-14,16-17H,5-9H2,1-4H3,(H,27,28,29). The summed E-state index contributed by atoms with van der Waals surface area (Å²) in [6, 6.07) is 5.03. The van der Waals surface area contributed by atoms with Crippen LogP contribution in [0, 0.1) is 24.5 Å². The molecule has 1 aliphatic rings. The molecule has 3 heterocycles. The molecule has 0 amide bonds. The first kappa shape index (κ1) is 22.1. The molecule has 0 bridgehead atoms. The number of fused-ring (bicyclic) bond motifs is 1. The molecule has 7 heteroatoms. The monoisotopic (exact) mass is 444 g/mol. The highest BCUT2D eigenvalue weighted by Gasteiger charge is 2.27. The van der Waals surface area contributed by atoms with Gasteiger partial charge in [-0.05, 0) is 62.8 Å². The molecule has 2 aromatic heterocycles. The van der Waals surface area contributed by atoms with E-state index in [0.29, 0.717) is 11.5 Å². The number of rotatable bonds is 6. The van der Waals surface area contributed by atoms with Gasteiger partial charge in [-0.15, -0.1) is 11.3 Å². The normalized spacial score (nSPS) is 16.9. The third kappa shape index (κ3) is 4.88. The van der Waals surface area contributed by atoms with Crippen molar-refractivity contribution < 1.29 is 8.78 Å². The third-order valence-corrected chi connectivity index (χ3v) is 7.11. The molecule has 0 saturated carbocycles. The van der Waals surface area contributed by atoms with Crippen LogP contribution in [0.5, 0.6) is 0 Å². The molecular weight excluding hydrogens is 414 g/mol. The number of halogens is 2. The van der Waals surface area contributed by atoms with Gasteiger partial charge in [-0.3, -0.25) is 4.90 Å². The van der Waals surface area contributed by atoms with Crippen LogP contribution < -0.4 is 5.32 Å². The van der Waals surface area contributed by atoms with E-state index in [0.717, 1.165) is 48.4 Å². The van der Waals surface area contributed by atoms with E-state index in [4.69, 9.17) is 0 Å². The first-order valence-electron chi connectivity index (χ1n) is 11.0. The molecule has 166 valence electrons. The summed E-state index contributed by atoms with van der Waals surface area (Å²) in [5.74, 6) is 0.580. The Bertz CT molecular complexity index is 1030. The van der Waals surface area contributed by atoms with Crippen LogP contribution in [0.3, 0.4) is 0 Å². The van der Waals surface area contributed by atoms with Crippen LogP contribution in [-0.2, 0) is 6.42 Å². The fourth-order valence-corrected chi connectivity index (χ4v) is 5.65. The second-order valence-electron chi connectivity index (χ2n) is 9.02. The zero-order chi connectivity index (χ0) is 22.1. The van der Waals surface area contributed by atoms with Gasteiger partial charge < -0.3 is 5.32 Å². The Morgan fingerprint density at radius 1 is 1.10 bits per heavy atom. The van der Waals surface area contributed by atoms with Crippen molar-refractivity contribution in [1.29, 1.82) is 0 Å². The van der Waals surface area contributed by atoms with E-state index in [1.807, 2.05) is 6.92 Å². The Morgan fingerprint density at radius 2 is 1.77 bits per heavy atom. The highest BCUT2D eigenvalue weighted by Crippen LogP contribution is 2.32. The van der Waals surface area contributed by atoms with Crippen molar-refractivity contribution in [1.82, 2.24) is 14.9 Å². The Hall–Kier alpha value is -2.12. The highest BCUT2D eigenvalue weighted by atomic mass is 32.1. The first-order valence-corrected chi connectivity index (χ1v) is 11.8. The van der Waals surface area contributed by atoms with Crippen LogP contribution in [0.1, 0.15) is 55.7 Å². The molecule has 1 N–H and O–H groups in total. The van der Waals surface area contributed by atoms with Gasteiger partial charge in [0.2, 0.25) is 0 Å². The summed E-state index contributed by atoms with van der Waals surface area (Å²) in [4.78, 5) is 13.5. The quantitative estimate of drug-likeness (QED) is 0.498. The van der Waals surface area contributed by atoms with E-state index >= 15 is 0 Å². The molecular formula is C24H30F2N4S. The molecule has 3 aromatic rings. The van der Waals surface area contributed by atoms with E-state index in [-0.39, 0.29) is 17.6 Å². The molecule has 0 spiro atoms. The molecule has 4 rings (SSSR count). The number of likely N-dealkylation sites (tertiary alicyclic amines) is 1. The number of nitrogens with one attached hydrogen (secondary N) is 1. The second kappa shape index (κ2) is 9.17. The summed E-state index contributed by atoms with van der Waals surface area (Å²) < 4.78 is 28.8. The lowest BCUT2D eigenvalue weighted by Gasteiger charge is -2.36. The number of piperidine rings is 1. The minimum absolute atomic E-state index is 0.172. The van der Waals surface area contributed by atoms with Gasteiger partial charge in [0.25, 0.3) is 0 Å². The van der Waals surface area contributed by atoms with Gasteiger partial charge in [0.1, 0.15) is 28.6 Å². The summed E-state index contributed by atoms with van der Waals surface area (Å²) in [5.41, 5.74) is 0.778. The predicted octanol–water partition coefficient (Wildman–Crippen LogP) is 6.11. The first-order chi connectivity index (χ1) is 14.8. The molecule has 1 aliphatic heterocycles. The molecule has 1 unspecified atom stereocenters. The van der Waals surface area contributed by atoms with Gasteiger partial charge in [0, 0.05) is 35.6 Å². The minimum Gasteiger partial charge on any atom is -0.367 e. The average Bonchev–Trinajstić information content (AvgIpc) is 3.10. The van der Waals surface area contributed by atoms with Crippen LogP contribution in [0.15, 0.2) is 24.5 Å². The fraction of sp³-hybridized carbons (Fsp3) is 0.500. The van der Waals surface area contributed by atoms with E-state index in [9.17, 15) is 8.78 Å². The van der Waals surface area contributed by atoms with E-state index in [2.05, 4.69) is 40.1 Å². The maximum Gasteiger partial charge on any atom is 0.138 e. The SMILES string of the molecule is Cc1cc(F)c(C(C)N2CCC(Nc3ncnc4sc(CC(C)C)cc34)CC2)c(F)c1. The number of benzene rings is 1. The van der Waals surface area contributed by atoms with Crippen LogP contribution in [0.25, 0.3) is 10.2 Å². The van der Waals surface area contributed by atoms with Gasteiger partial charge >= 0.3 is 0 Å². The number of hydrogen-bond donors (Lipinski definition) is 1. The number of anilines is 1. The lowest BCUT2D eigenvalue weighted by atomic mass is 9.98. The Balaban J connectivity index is 1.42. The Kier molecular flexibility index (Phi) is 6.53. The second-order valence-corrected chi connectivity index (χ2v) is 10.1. The fourth-order valence-electron chi connectivity index (χ4n) is 4.44. The largest absolute Gasteiger partial charge is 0.367 e. The van der Waals surface area contributed by atoms with E-state index in [1.54, 1.807) is 24.6 Å². The third-order valence-electron chi connectivity index (χ3n) is 6.05. The molecule has 1 fully saturated rings. The zero-order valence-electron chi connectivity index (χ0n) is 18.6. The number of aryl methyl sites for hydroxylation is 1. The van der Waals surface area contributed by atoms with E-state index in [1.165, 1.54) is 17.0 Å². The minimum atomic E-state index is -0.455. The predicted molar refractivity (Wildman–Crippen MR) is 124 cm³/mol. The van der Waals surface area contributed by atoms with Crippen LogP contribution in [-0.4, -0.2) is 34.0 Å². The van der Waals surface area contributed by atoms with Gasteiger partial charge in [-0.1, -0.05) is 13.8 Å². The van der Waals surface area contributed by atoms with Gasteiger partial charge in [-0.2, -0.15) is 0 Å². The number of hydrogen-bond acceptors (Lipinski definition) is 5. The summed E-state index contributed by atoms with van der Waals surface area (Å²) in [6.07, 6.45) is 4.46. The van der Waals surface area contributed by atoms with Crippen molar-refractivity contribution in [3.05, 3.63) is 52.2 Å². The molecule has 0 aliphatic carbocycles. The maximum absolute atomic E-state index is 14.4. The molecule has 1 aromatic carbocycles. The van der Waals surface area contributed by atoms with Crippen molar-refractivity contribution in [3.63, 3.8) is 0 Å². The molecule has 4 nitrogen and oxygen atoms in total. The Labute approximate surface area is 186 Å². The summed E-state index contributed by atoms with van der Waals surface area (Å²) in [7, 11) is 0. The lowest BCUT2D eigenvalue weighted by Crippen LogP contribution is -2.40. The van der Waals surface area contributed by atoms with Crippen molar-refractivity contribution in [2.75, 3.05) is 18.4 Å². The van der Waals surface area contributed by atoms with Crippen molar-refractivity contribution in [2.24, 2.45) is 5.92 Å². The zero-order valence-corrected chi connectivity index (χ0v) is 19.4. The van der Waals surface area contributed by atoms with Gasteiger partial charge in [-0.25, -0.2) is 18.7 Å². The summed E-state index contributed by atoms with van der Waals surface area (Å²) in [5, 5.41) is 4.69. The molecule has 1 saturated heterocycles. The molecule has 31 heavy (non-hydrogen) atoms. The van der Waals surface area contributed by atoms with Gasteiger partial charge in [0.15, 0.2) is 0 Å². The number of aromatic nitrogens is 2. The summed E-state index contributed by atoms with van der Waals surface area (Å²) >= 11 is 1.74. The molecule has 0 radical (unpaired) electrons. The lowest BCUT2D eigenvalue weighted by molar-refractivity contribution is 0.162. The topological polar surface area (TPSA) is 41.0 Å².